The first-order chi connectivity index (χ1) is 11.6. The Labute approximate surface area is 150 Å². The van der Waals surface area contributed by atoms with Crippen LogP contribution >= 0.6 is 22.9 Å². The van der Waals surface area contributed by atoms with Crippen LogP contribution in [0.1, 0.15) is 18.2 Å². The summed E-state index contributed by atoms with van der Waals surface area (Å²) < 4.78 is 6.54. The average molecular weight is 357 g/mol. The fourth-order valence-electron chi connectivity index (χ4n) is 2.92. The highest BCUT2D eigenvalue weighted by molar-refractivity contribution is 7.20. The molecule has 4 rings (SSSR count). The van der Waals surface area contributed by atoms with Crippen LogP contribution in [0.2, 0.25) is 0 Å². The van der Waals surface area contributed by atoms with Crippen molar-refractivity contribution in [3.05, 3.63) is 59.1 Å². The summed E-state index contributed by atoms with van der Waals surface area (Å²) in [4.78, 5) is 1.18. The van der Waals surface area contributed by atoms with E-state index in [2.05, 4.69) is 42.4 Å². The molecule has 5 heteroatoms. The molecule has 0 bridgehead atoms. The number of hydrogen-bond donors (Lipinski definition) is 0. The molecule has 0 saturated carbocycles. The number of rotatable bonds is 2. The predicted molar refractivity (Wildman–Crippen MR) is 102 cm³/mol. The van der Waals surface area contributed by atoms with Gasteiger partial charge in [-0.2, -0.15) is 5.10 Å². The summed E-state index contributed by atoms with van der Waals surface area (Å²) in [6, 6.07) is 8.38. The molecule has 122 valence electrons. The number of fused-ring (bicyclic) bond motifs is 2. The van der Waals surface area contributed by atoms with Crippen molar-refractivity contribution in [2.75, 3.05) is 7.11 Å². The smallest absolute Gasteiger partial charge is 0.150 e. The van der Waals surface area contributed by atoms with E-state index in [4.69, 9.17) is 16.3 Å². The van der Waals surface area contributed by atoms with Gasteiger partial charge in [0.2, 0.25) is 0 Å². The van der Waals surface area contributed by atoms with E-state index >= 15 is 0 Å². The first kappa shape index (κ1) is 15.5. The van der Waals surface area contributed by atoms with E-state index in [-0.39, 0.29) is 0 Å². The van der Waals surface area contributed by atoms with Gasteiger partial charge in [0, 0.05) is 4.70 Å². The van der Waals surface area contributed by atoms with Gasteiger partial charge in [0.1, 0.15) is 10.9 Å². The number of halogens is 1. The molecule has 1 aromatic carbocycles. The molecule has 2 aliphatic rings. The van der Waals surface area contributed by atoms with Crippen molar-refractivity contribution in [1.29, 1.82) is 0 Å². The molecule has 0 radical (unpaired) electrons. The number of ether oxygens (including phenoxy) is 1. The standard InChI is InChI=1S/C19H17ClN2OS/c1-12-3-5-14-6-8-19(20)21-22(14)16(9-12)18-10-13-4-7-15(23-2)11-17(13)24-18/h4-12H,3H2,1-2H3. The van der Waals surface area contributed by atoms with Crippen LogP contribution in [0.4, 0.5) is 0 Å². The molecule has 2 aliphatic heterocycles. The number of hydrazone groups is 1. The van der Waals surface area contributed by atoms with Crippen LogP contribution in [0.3, 0.4) is 0 Å². The summed E-state index contributed by atoms with van der Waals surface area (Å²) >= 11 is 7.90. The van der Waals surface area contributed by atoms with E-state index in [1.165, 1.54) is 15.0 Å². The number of allylic oxidation sites excluding steroid dienone is 4. The van der Waals surface area contributed by atoms with E-state index in [0.29, 0.717) is 11.1 Å². The summed E-state index contributed by atoms with van der Waals surface area (Å²) in [7, 11) is 1.69. The summed E-state index contributed by atoms with van der Waals surface area (Å²) in [5.41, 5.74) is 2.17. The topological polar surface area (TPSA) is 24.8 Å². The van der Waals surface area contributed by atoms with Crippen LogP contribution in [-0.4, -0.2) is 17.3 Å². The third kappa shape index (κ3) is 2.76. The Kier molecular flexibility index (Phi) is 3.94. The van der Waals surface area contributed by atoms with E-state index in [1.807, 2.05) is 23.2 Å². The minimum Gasteiger partial charge on any atom is -0.497 e. The molecule has 1 atom stereocenters. The van der Waals surface area contributed by atoms with Gasteiger partial charge in [-0.15, -0.1) is 11.3 Å². The van der Waals surface area contributed by atoms with Gasteiger partial charge in [0.05, 0.1) is 23.4 Å². The number of hydrogen-bond acceptors (Lipinski definition) is 4. The lowest BCUT2D eigenvalue weighted by Gasteiger charge is -2.24. The molecular formula is C19H17ClN2OS. The highest BCUT2D eigenvalue weighted by Gasteiger charge is 2.22. The van der Waals surface area contributed by atoms with E-state index in [9.17, 15) is 0 Å². The maximum Gasteiger partial charge on any atom is 0.150 e. The first-order valence-corrected chi connectivity index (χ1v) is 9.06. The van der Waals surface area contributed by atoms with Crippen LogP contribution in [0.15, 0.2) is 59.4 Å². The molecule has 0 N–H and O–H groups in total. The van der Waals surface area contributed by atoms with Crippen molar-refractivity contribution in [3.63, 3.8) is 0 Å². The second kappa shape index (κ2) is 6.11. The lowest BCUT2D eigenvalue weighted by Crippen LogP contribution is -2.17. The Morgan fingerprint density at radius 1 is 1.29 bits per heavy atom. The molecule has 0 fully saturated rings. The molecule has 0 aliphatic carbocycles. The Bertz CT molecular complexity index is 923. The second-order valence-electron chi connectivity index (χ2n) is 5.98. The summed E-state index contributed by atoms with van der Waals surface area (Å²) in [5.74, 6) is 1.32. The summed E-state index contributed by atoms with van der Waals surface area (Å²) in [5, 5.41) is 8.19. The number of methoxy groups -OCH3 is 1. The van der Waals surface area contributed by atoms with Crippen LogP contribution < -0.4 is 4.74 Å². The van der Waals surface area contributed by atoms with Crippen molar-refractivity contribution in [2.45, 2.75) is 13.3 Å². The molecular weight excluding hydrogens is 340 g/mol. The summed E-state index contributed by atoms with van der Waals surface area (Å²) in [6.45, 7) is 2.22. The zero-order valence-corrected chi connectivity index (χ0v) is 15.1. The molecule has 2 aromatic rings. The minimum absolute atomic E-state index is 0.445. The maximum atomic E-state index is 6.15. The zero-order chi connectivity index (χ0) is 16.7. The van der Waals surface area contributed by atoms with Gasteiger partial charge < -0.3 is 4.74 Å². The number of nitrogens with zero attached hydrogens (tertiary/aromatic N) is 2. The molecule has 0 amide bonds. The minimum atomic E-state index is 0.445. The molecule has 1 aromatic heterocycles. The van der Waals surface area contributed by atoms with Gasteiger partial charge in [-0.25, -0.2) is 5.01 Å². The van der Waals surface area contributed by atoms with Crippen molar-refractivity contribution < 1.29 is 4.74 Å². The van der Waals surface area contributed by atoms with E-state index < -0.39 is 0 Å². The molecule has 0 saturated heterocycles. The molecule has 3 nitrogen and oxygen atoms in total. The zero-order valence-electron chi connectivity index (χ0n) is 13.5. The third-order valence-electron chi connectivity index (χ3n) is 4.18. The molecule has 0 spiro atoms. The van der Waals surface area contributed by atoms with E-state index in [1.54, 1.807) is 18.4 Å². The predicted octanol–water partition coefficient (Wildman–Crippen LogP) is 5.60. The summed E-state index contributed by atoms with van der Waals surface area (Å²) in [6.07, 6.45) is 9.35. The van der Waals surface area contributed by atoms with Gasteiger partial charge in [0.15, 0.2) is 0 Å². The van der Waals surface area contributed by atoms with Gasteiger partial charge in [-0.1, -0.05) is 30.7 Å². The first-order valence-electron chi connectivity index (χ1n) is 7.86. The van der Waals surface area contributed by atoms with E-state index in [0.717, 1.165) is 23.6 Å². The van der Waals surface area contributed by atoms with Gasteiger partial charge in [-0.3, -0.25) is 0 Å². The highest BCUT2D eigenvalue weighted by Crippen LogP contribution is 2.38. The normalized spacial score (nSPS) is 20.2. The number of thiophene rings is 1. The largest absolute Gasteiger partial charge is 0.497 e. The quantitative estimate of drug-likeness (QED) is 0.699. The van der Waals surface area contributed by atoms with Gasteiger partial charge >= 0.3 is 0 Å². The second-order valence-corrected chi connectivity index (χ2v) is 7.45. The molecule has 24 heavy (non-hydrogen) atoms. The lowest BCUT2D eigenvalue weighted by atomic mass is 10.1. The third-order valence-corrected chi connectivity index (χ3v) is 5.50. The fraction of sp³-hybridized carbons (Fsp3) is 0.211. The Hall–Kier alpha value is -2.04. The molecule has 3 heterocycles. The fourth-order valence-corrected chi connectivity index (χ4v) is 4.17. The lowest BCUT2D eigenvalue weighted by molar-refractivity contribution is 0.415. The maximum absolute atomic E-state index is 6.15. The van der Waals surface area contributed by atoms with Crippen LogP contribution in [-0.2, 0) is 0 Å². The van der Waals surface area contributed by atoms with Crippen molar-refractivity contribution >= 4 is 43.9 Å². The Balaban J connectivity index is 1.84. The van der Waals surface area contributed by atoms with Crippen LogP contribution in [0.25, 0.3) is 15.8 Å². The van der Waals surface area contributed by atoms with Crippen LogP contribution in [0, 0.1) is 5.92 Å². The monoisotopic (exact) mass is 356 g/mol. The van der Waals surface area contributed by atoms with Crippen LogP contribution in [0.5, 0.6) is 5.75 Å². The number of benzene rings is 1. The Morgan fingerprint density at radius 2 is 2.17 bits per heavy atom. The van der Waals surface area contributed by atoms with Crippen molar-refractivity contribution in [1.82, 2.24) is 5.01 Å². The molecule has 1 unspecified atom stereocenters. The Morgan fingerprint density at radius 3 is 3.00 bits per heavy atom. The van der Waals surface area contributed by atoms with Crippen molar-refractivity contribution in [2.24, 2.45) is 11.0 Å². The SMILES string of the molecule is COc1ccc2cc(C3=CC(C)CC=C4C=CC(Cl)=NN43)sc2c1. The average Bonchev–Trinajstić information content (AvgIpc) is 2.93. The van der Waals surface area contributed by atoms with Crippen molar-refractivity contribution in [3.8, 4) is 5.75 Å². The van der Waals surface area contributed by atoms with Gasteiger partial charge in [-0.05, 0) is 54.1 Å². The van der Waals surface area contributed by atoms with Gasteiger partial charge in [0.25, 0.3) is 0 Å². The highest BCUT2D eigenvalue weighted by atomic mass is 35.5.